The molecule has 1 rings (SSSR count). The van der Waals surface area contributed by atoms with E-state index in [0.717, 1.165) is 0 Å². The zero-order chi connectivity index (χ0) is 10.8. The second kappa shape index (κ2) is 4.61. The number of benzene rings is 1. The summed E-state index contributed by atoms with van der Waals surface area (Å²) in [6.07, 6.45) is 0. The molecular formula is C8H9BrClNO2S. The normalized spacial score (nSPS) is 11.6. The van der Waals surface area contributed by atoms with Crippen molar-refractivity contribution in [1.29, 1.82) is 0 Å². The summed E-state index contributed by atoms with van der Waals surface area (Å²) in [6, 6.07) is 5.12. The molecule has 0 heterocycles. The first-order valence-corrected chi connectivity index (χ1v) is 6.62. The van der Waals surface area contributed by atoms with Gasteiger partial charge in [-0.3, -0.25) is 0 Å². The predicted octanol–water partition coefficient (Wildman–Crippen LogP) is 2.15. The molecule has 6 heteroatoms. The zero-order valence-corrected chi connectivity index (χ0v) is 10.6. The monoisotopic (exact) mass is 297 g/mol. The Kier molecular flexibility index (Phi) is 3.94. The van der Waals surface area contributed by atoms with Gasteiger partial charge in [0.1, 0.15) is 0 Å². The molecule has 1 N–H and O–H groups in total. The minimum atomic E-state index is -3.25. The summed E-state index contributed by atoms with van der Waals surface area (Å²) >= 11 is 9.06. The zero-order valence-electron chi connectivity index (χ0n) is 7.42. The molecule has 0 spiro atoms. The Bertz CT molecular complexity index is 433. The van der Waals surface area contributed by atoms with Gasteiger partial charge in [0.15, 0.2) is 0 Å². The highest BCUT2D eigenvalue weighted by Crippen LogP contribution is 2.27. The third-order valence-electron chi connectivity index (χ3n) is 1.69. The fraction of sp³-hybridized carbons (Fsp3) is 0.250. The second-order valence-electron chi connectivity index (χ2n) is 2.68. The predicted molar refractivity (Wildman–Crippen MR) is 60.8 cm³/mol. The molecule has 0 atom stereocenters. The maximum Gasteiger partial charge on any atom is 0.215 e. The second-order valence-corrected chi connectivity index (χ2v) is 5.80. The van der Waals surface area contributed by atoms with E-state index < -0.39 is 10.0 Å². The fourth-order valence-corrected chi connectivity index (χ4v) is 2.52. The first-order valence-electron chi connectivity index (χ1n) is 3.80. The number of rotatable bonds is 3. The number of hydrogen-bond acceptors (Lipinski definition) is 2. The van der Waals surface area contributed by atoms with Crippen LogP contribution in [0.3, 0.4) is 0 Å². The standard InChI is InChI=1S/C8H9BrClNO2S/c1-11-14(12,13)5-6-3-2-4-7(10)8(6)9/h2-4,11H,5H2,1H3. The van der Waals surface area contributed by atoms with E-state index in [9.17, 15) is 8.42 Å². The van der Waals surface area contributed by atoms with Gasteiger partial charge in [0.2, 0.25) is 10.0 Å². The van der Waals surface area contributed by atoms with E-state index in [1.165, 1.54) is 7.05 Å². The summed E-state index contributed by atoms with van der Waals surface area (Å²) in [5, 5.41) is 0.508. The van der Waals surface area contributed by atoms with Crippen molar-refractivity contribution in [2.24, 2.45) is 0 Å². The molecule has 14 heavy (non-hydrogen) atoms. The molecule has 0 amide bonds. The SMILES string of the molecule is CNS(=O)(=O)Cc1cccc(Cl)c1Br. The van der Waals surface area contributed by atoms with Gasteiger partial charge in [0.05, 0.1) is 10.8 Å². The Morgan fingerprint density at radius 3 is 2.71 bits per heavy atom. The van der Waals surface area contributed by atoms with Crippen LogP contribution in [-0.4, -0.2) is 15.5 Å². The summed E-state index contributed by atoms with van der Waals surface area (Å²) < 4.78 is 25.4. The Hall–Kier alpha value is -0.100. The van der Waals surface area contributed by atoms with Crippen molar-refractivity contribution in [3.8, 4) is 0 Å². The molecule has 0 fully saturated rings. The van der Waals surface area contributed by atoms with Gasteiger partial charge in [0, 0.05) is 4.47 Å². The van der Waals surface area contributed by atoms with Crippen LogP contribution in [0.25, 0.3) is 0 Å². The quantitative estimate of drug-likeness (QED) is 0.929. The van der Waals surface area contributed by atoms with Crippen LogP contribution in [0.5, 0.6) is 0 Å². The summed E-state index contributed by atoms with van der Waals surface area (Å²) in [6.45, 7) is 0. The van der Waals surface area contributed by atoms with Crippen molar-refractivity contribution in [3.05, 3.63) is 33.3 Å². The number of sulfonamides is 1. The van der Waals surface area contributed by atoms with Crippen molar-refractivity contribution in [2.75, 3.05) is 7.05 Å². The van der Waals surface area contributed by atoms with Crippen LogP contribution in [0.4, 0.5) is 0 Å². The maximum absolute atomic E-state index is 11.3. The highest BCUT2D eigenvalue weighted by Gasteiger charge is 2.12. The van der Waals surface area contributed by atoms with Gasteiger partial charge in [-0.05, 0) is 34.6 Å². The van der Waals surface area contributed by atoms with E-state index in [1.807, 2.05) is 0 Å². The smallest absolute Gasteiger partial charge is 0.215 e. The Morgan fingerprint density at radius 1 is 1.50 bits per heavy atom. The first-order chi connectivity index (χ1) is 6.46. The highest BCUT2D eigenvalue weighted by molar-refractivity contribution is 9.10. The van der Waals surface area contributed by atoms with Gasteiger partial charge < -0.3 is 0 Å². The lowest BCUT2D eigenvalue weighted by Crippen LogP contribution is -2.20. The Labute approximate surface area is 96.6 Å². The molecule has 0 aliphatic carbocycles. The minimum Gasteiger partial charge on any atom is -0.218 e. The van der Waals surface area contributed by atoms with Crippen LogP contribution in [0.1, 0.15) is 5.56 Å². The van der Waals surface area contributed by atoms with Gasteiger partial charge in [0.25, 0.3) is 0 Å². The average molecular weight is 299 g/mol. The van der Waals surface area contributed by atoms with Crippen LogP contribution >= 0.6 is 27.5 Å². The largest absolute Gasteiger partial charge is 0.218 e. The molecule has 0 aliphatic heterocycles. The van der Waals surface area contributed by atoms with E-state index in [0.29, 0.717) is 15.1 Å². The molecule has 1 aromatic carbocycles. The third kappa shape index (κ3) is 2.95. The van der Waals surface area contributed by atoms with Gasteiger partial charge in [-0.15, -0.1) is 0 Å². The lowest BCUT2D eigenvalue weighted by Gasteiger charge is -2.05. The van der Waals surface area contributed by atoms with Crippen molar-refractivity contribution in [2.45, 2.75) is 5.75 Å². The Balaban J connectivity index is 3.05. The molecule has 0 unspecified atom stereocenters. The summed E-state index contributed by atoms with van der Waals surface area (Å²) in [7, 11) is -1.87. The topological polar surface area (TPSA) is 46.2 Å². The van der Waals surface area contributed by atoms with E-state index in [-0.39, 0.29) is 5.75 Å². The van der Waals surface area contributed by atoms with Crippen LogP contribution < -0.4 is 4.72 Å². The van der Waals surface area contributed by atoms with Gasteiger partial charge in [-0.1, -0.05) is 23.7 Å². The molecule has 0 radical (unpaired) electrons. The third-order valence-corrected chi connectivity index (χ3v) is 4.48. The Morgan fingerprint density at radius 2 is 2.14 bits per heavy atom. The molecule has 0 saturated heterocycles. The lowest BCUT2D eigenvalue weighted by molar-refractivity contribution is 0.587. The van der Waals surface area contributed by atoms with E-state index >= 15 is 0 Å². The first kappa shape index (κ1) is 12.0. The molecule has 0 saturated carbocycles. The number of nitrogens with one attached hydrogen (secondary N) is 1. The number of hydrogen-bond donors (Lipinski definition) is 1. The summed E-state index contributed by atoms with van der Waals surface area (Å²) in [5.74, 6) is -0.0787. The summed E-state index contributed by atoms with van der Waals surface area (Å²) in [5.41, 5.74) is 0.645. The van der Waals surface area contributed by atoms with Crippen LogP contribution in [0.2, 0.25) is 5.02 Å². The van der Waals surface area contributed by atoms with E-state index in [4.69, 9.17) is 11.6 Å². The van der Waals surface area contributed by atoms with E-state index in [2.05, 4.69) is 20.7 Å². The van der Waals surface area contributed by atoms with Crippen LogP contribution in [0.15, 0.2) is 22.7 Å². The molecule has 1 aromatic rings. The highest BCUT2D eigenvalue weighted by atomic mass is 79.9. The molecule has 3 nitrogen and oxygen atoms in total. The minimum absolute atomic E-state index is 0.0787. The van der Waals surface area contributed by atoms with Gasteiger partial charge >= 0.3 is 0 Å². The van der Waals surface area contributed by atoms with E-state index in [1.54, 1.807) is 18.2 Å². The fourth-order valence-electron chi connectivity index (χ4n) is 0.937. The molecule has 0 aromatic heterocycles. The molecular weight excluding hydrogens is 290 g/mol. The molecule has 0 aliphatic rings. The van der Waals surface area contributed by atoms with Crippen molar-refractivity contribution >= 4 is 37.6 Å². The van der Waals surface area contributed by atoms with Crippen molar-refractivity contribution < 1.29 is 8.42 Å². The molecule has 0 bridgehead atoms. The van der Waals surface area contributed by atoms with Crippen molar-refractivity contribution in [3.63, 3.8) is 0 Å². The van der Waals surface area contributed by atoms with Gasteiger partial charge in [-0.25, -0.2) is 13.1 Å². The maximum atomic E-state index is 11.3. The van der Waals surface area contributed by atoms with Crippen LogP contribution in [-0.2, 0) is 15.8 Å². The van der Waals surface area contributed by atoms with Crippen LogP contribution in [0, 0.1) is 0 Å². The van der Waals surface area contributed by atoms with Crippen molar-refractivity contribution in [1.82, 2.24) is 4.72 Å². The number of halogens is 2. The molecule has 78 valence electrons. The average Bonchev–Trinajstić information content (AvgIpc) is 2.13. The lowest BCUT2D eigenvalue weighted by atomic mass is 10.2. The van der Waals surface area contributed by atoms with Gasteiger partial charge in [-0.2, -0.15) is 0 Å². The summed E-state index contributed by atoms with van der Waals surface area (Å²) in [4.78, 5) is 0.